The van der Waals surface area contributed by atoms with Crippen LogP contribution in [0, 0.1) is 0 Å². The zero-order valence-corrected chi connectivity index (χ0v) is 13.4. The summed E-state index contributed by atoms with van der Waals surface area (Å²) in [4.78, 5) is 6.66. The number of rotatable bonds is 5. The Morgan fingerprint density at radius 2 is 2.17 bits per heavy atom. The van der Waals surface area contributed by atoms with Crippen LogP contribution in [0.15, 0.2) is 22.7 Å². The molecule has 120 valence electrons. The van der Waals surface area contributed by atoms with Gasteiger partial charge >= 0.3 is 0 Å². The molecule has 0 radical (unpaired) electrons. The normalized spacial score (nSPS) is 15.4. The van der Waals surface area contributed by atoms with Gasteiger partial charge in [0.1, 0.15) is 5.52 Å². The van der Waals surface area contributed by atoms with E-state index in [-0.39, 0.29) is 0 Å². The minimum Gasteiger partial charge on any atom is -0.339 e. The Balaban J connectivity index is 1.60. The fraction of sp³-hybridized carbons (Fsp3) is 0.500. The monoisotopic (exact) mass is 312 g/mol. The summed E-state index contributed by atoms with van der Waals surface area (Å²) in [5.41, 5.74) is 2.81. The van der Waals surface area contributed by atoms with E-state index in [1.54, 1.807) is 0 Å². The lowest BCUT2D eigenvalue weighted by Crippen LogP contribution is -2.18. The van der Waals surface area contributed by atoms with Gasteiger partial charge in [0, 0.05) is 18.0 Å². The molecular formula is C16H20N6O. The standard InChI is InChI=1S/C16H20N6O/c1-21(2)8-9-22-14-7-6-12(10-13(14)18-20-22)15-17-16(23-19-15)11-4-3-5-11/h6-7,10-11H,3-5,8-9H2,1-2H3. The highest BCUT2D eigenvalue weighted by Gasteiger charge is 2.25. The number of hydrogen-bond acceptors (Lipinski definition) is 6. The van der Waals surface area contributed by atoms with E-state index in [1.165, 1.54) is 6.42 Å². The number of hydrogen-bond donors (Lipinski definition) is 0. The Kier molecular flexibility index (Phi) is 3.57. The first kappa shape index (κ1) is 14.3. The summed E-state index contributed by atoms with van der Waals surface area (Å²) >= 11 is 0. The van der Waals surface area contributed by atoms with Crippen LogP contribution in [0.25, 0.3) is 22.4 Å². The van der Waals surface area contributed by atoms with Crippen molar-refractivity contribution in [2.45, 2.75) is 31.7 Å². The van der Waals surface area contributed by atoms with Crippen LogP contribution >= 0.6 is 0 Å². The second kappa shape index (κ2) is 5.73. The molecule has 1 aromatic carbocycles. The molecule has 1 fully saturated rings. The van der Waals surface area contributed by atoms with Gasteiger partial charge in [0.15, 0.2) is 0 Å². The number of fused-ring (bicyclic) bond motifs is 1. The lowest BCUT2D eigenvalue weighted by molar-refractivity contribution is 0.292. The molecule has 1 aliphatic rings. The Morgan fingerprint density at radius 3 is 2.91 bits per heavy atom. The topological polar surface area (TPSA) is 72.9 Å². The van der Waals surface area contributed by atoms with Gasteiger partial charge in [0.2, 0.25) is 11.7 Å². The van der Waals surface area contributed by atoms with Crippen LogP contribution in [0.1, 0.15) is 31.1 Å². The largest absolute Gasteiger partial charge is 0.339 e. The van der Waals surface area contributed by atoms with Gasteiger partial charge in [-0.05, 0) is 45.1 Å². The fourth-order valence-electron chi connectivity index (χ4n) is 2.74. The Labute approximate surface area is 134 Å². The maximum absolute atomic E-state index is 5.40. The SMILES string of the molecule is CN(C)CCn1nnc2cc(-c3noc(C4CCC4)n3)ccc21. The van der Waals surface area contributed by atoms with Crippen molar-refractivity contribution in [3.63, 3.8) is 0 Å². The summed E-state index contributed by atoms with van der Waals surface area (Å²) < 4.78 is 7.32. The van der Waals surface area contributed by atoms with Gasteiger partial charge in [-0.15, -0.1) is 5.10 Å². The molecule has 0 bridgehead atoms. The van der Waals surface area contributed by atoms with Crippen molar-refractivity contribution in [2.24, 2.45) is 0 Å². The van der Waals surface area contributed by atoms with Gasteiger partial charge in [-0.3, -0.25) is 0 Å². The molecule has 0 unspecified atom stereocenters. The minimum absolute atomic E-state index is 0.451. The van der Waals surface area contributed by atoms with Crippen LogP contribution in [0.2, 0.25) is 0 Å². The van der Waals surface area contributed by atoms with Gasteiger partial charge in [-0.1, -0.05) is 16.8 Å². The lowest BCUT2D eigenvalue weighted by Gasteiger charge is -2.20. The molecule has 23 heavy (non-hydrogen) atoms. The van der Waals surface area contributed by atoms with Crippen LogP contribution in [0.3, 0.4) is 0 Å². The predicted molar refractivity (Wildman–Crippen MR) is 86.0 cm³/mol. The van der Waals surface area contributed by atoms with Crippen molar-refractivity contribution in [3.8, 4) is 11.4 Å². The number of likely N-dealkylation sites (N-methyl/N-ethyl adjacent to an activating group) is 1. The molecule has 7 heteroatoms. The van der Waals surface area contributed by atoms with E-state index >= 15 is 0 Å². The van der Waals surface area contributed by atoms with Crippen molar-refractivity contribution < 1.29 is 4.52 Å². The van der Waals surface area contributed by atoms with Crippen LogP contribution in [0.4, 0.5) is 0 Å². The lowest BCUT2D eigenvalue weighted by atomic mass is 9.85. The quantitative estimate of drug-likeness (QED) is 0.720. The van der Waals surface area contributed by atoms with Crippen molar-refractivity contribution >= 4 is 11.0 Å². The van der Waals surface area contributed by atoms with Gasteiger partial charge in [0.05, 0.1) is 12.1 Å². The van der Waals surface area contributed by atoms with Gasteiger partial charge in [-0.2, -0.15) is 4.98 Å². The molecule has 0 amide bonds. The summed E-state index contributed by atoms with van der Waals surface area (Å²) in [6.45, 7) is 1.74. The summed E-state index contributed by atoms with van der Waals surface area (Å²) in [6.07, 6.45) is 3.56. The van der Waals surface area contributed by atoms with E-state index in [4.69, 9.17) is 4.52 Å². The average molecular weight is 312 g/mol. The van der Waals surface area contributed by atoms with E-state index in [2.05, 4.69) is 25.4 Å². The van der Waals surface area contributed by atoms with Crippen LogP contribution in [-0.4, -0.2) is 50.7 Å². The molecule has 0 spiro atoms. The number of aromatic nitrogens is 5. The highest BCUT2D eigenvalue weighted by atomic mass is 16.5. The van der Waals surface area contributed by atoms with E-state index < -0.39 is 0 Å². The molecule has 0 atom stereocenters. The molecule has 0 aliphatic heterocycles. The third-order valence-electron chi connectivity index (χ3n) is 4.43. The third kappa shape index (κ3) is 2.72. The van der Waals surface area contributed by atoms with E-state index in [0.29, 0.717) is 11.7 Å². The first-order valence-corrected chi connectivity index (χ1v) is 8.02. The molecule has 0 saturated heterocycles. The zero-order chi connectivity index (χ0) is 15.8. The smallest absolute Gasteiger partial charge is 0.230 e. The molecule has 4 rings (SSSR count). The number of nitrogens with zero attached hydrogens (tertiary/aromatic N) is 6. The molecular weight excluding hydrogens is 292 g/mol. The summed E-state index contributed by atoms with van der Waals surface area (Å²) in [7, 11) is 4.10. The Morgan fingerprint density at radius 1 is 1.30 bits per heavy atom. The molecule has 0 N–H and O–H groups in total. The van der Waals surface area contributed by atoms with Crippen molar-refractivity contribution in [2.75, 3.05) is 20.6 Å². The molecule has 1 aliphatic carbocycles. The Bertz CT molecular complexity index is 817. The van der Waals surface area contributed by atoms with Crippen molar-refractivity contribution in [1.29, 1.82) is 0 Å². The molecule has 7 nitrogen and oxygen atoms in total. The second-order valence-electron chi connectivity index (χ2n) is 6.40. The molecule has 2 aromatic heterocycles. The van der Waals surface area contributed by atoms with Crippen molar-refractivity contribution in [3.05, 3.63) is 24.1 Å². The average Bonchev–Trinajstić information content (AvgIpc) is 3.09. The van der Waals surface area contributed by atoms with Gasteiger partial charge in [-0.25, -0.2) is 4.68 Å². The third-order valence-corrected chi connectivity index (χ3v) is 4.43. The second-order valence-corrected chi connectivity index (χ2v) is 6.40. The van der Waals surface area contributed by atoms with E-state index in [1.807, 2.05) is 37.0 Å². The zero-order valence-electron chi connectivity index (χ0n) is 13.4. The minimum atomic E-state index is 0.451. The summed E-state index contributed by atoms with van der Waals surface area (Å²) in [6, 6.07) is 6.01. The Hall–Kier alpha value is -2.28. The molecule has 2 heterocycles. The number of benzene rings is 1. The summed E-state index contributed by atoms with van der Waals surface area (Å²) in [5.74, 6) is 1.85. The van der Waals surface area contributed by atoms with E-state index in [0.717, 1.165) is 48.4 Å². The van der Waals surface area contributed by atoms with Crippen LogP contribution in [-0.2, 0) is 6.54 Å². The highest BCUT2D eigenvalue weighted by molar-refractivity contribution is 5.79. The fourth-order valence-corrected chi connectivity index (χ4v) is 2.74. The van der Waals surface area contributed by atoms with Gasteiger partial charge in [0.25, 0.3) is 0 Å². The van der Waals surface area contributed by atoms with E-state index in [9.17, 15) is 0 Å². The maximum Gasteiger partial charge on any atom is 0.230 e. The van der Waals surface area contributed by atoms with Crippen LogP contribution < -0.4 is 0 Å². The van der Waals surface area contributed by atoms with Crippen LogP contribution in [0.5, 0.6) is 0 Å². The maximum atomic E-state index is 5.40. The first-order valence-electron chi connectivity index (χ1n) is 8.02. The first-order chi connectivity index (χ1) is 11.2. The molecule has 3 aromatic rings. The van der Waals surface area contributed by atoms with Gasteiger partial charge < -0.3 is 9.42 Å². The molecule has 1 saturated carbocycles. The predicted octanol–water partition coefficient (Wildman–Crippen LogP) is 2.31. The highest BCUT2D eigenvalue weighted by Crippen LogP contribution is 2.36. The summed E-state index contributed by atoms with van der Waals surface area (Å²) in [5, 5.41) is 12.6. The van der Waals surface area contributed by atoms with Crippen molar-refractivity contribution in [1.82, 2.24) is 30.0 Å².